The molecule has 0 radical (unpaired) electrons. The van der Waals surface area contributed by atoms with Crippen molar-refractivity contribution in [3.05, 3.63) is 67.5 Å². The van der Waals surface area contributed by atoms with E-state index in [1.54, 1.807) is 4.57 Å². The highest BCUT2D eigenvalue weighted by molar-refractivity contribution is 7.16. The van der Waals surface area contributed by atoms with Gasteiger partial charge in [0.25, 0.3) is 11.6 Å². The maximum Gasteiger partial charge on any atom is 0.281 e. The van der Waals surface area contributed by atoms with Gasteiger partial charge in [0.05, 0.1) is 32.3 Å². The lowest BCUT2D eigenvalue weighted by molar-refractivity contribution is -0.384. The molecule has 8 heteroatoms. The molecule has 2 aromatic carbocycles. The Morgan fingerprint density at radius 2 is 2.15 bits per heavy atom. The average molecular weight is 386 g/mol. The first-order chi connectivity index (χ1) is 12.4. The van der Waals surface area contributed by atoms with Crippen molar-refractivity contribution >= 4 is 44.7 Å². The van der Waals surface area contributed by atoms with Crippen molar-refractivity contribution in [3.8, 4) is 12.3 Å². The molecular formula is C18H12ClN3O3S. The number of rotatable bonds is 3. The Morgan fingerprint density at radius 1 is 1.38 bits per heavy atom. The van der Waals surface area contributed by atoms with Crippen LogP contribution in [0.5, 0.6) is 0 Å². The minimum atomic E-state index is -0.659. The molecule has 6 nitrogen and oxygen atoms in total. The third-order valence-electron chi connectivity index (χ3n) is 3.68. The Hall–Kier alpha value is -2.95. The summed E-state index contributed by atoms with van der Waals surface area (Å²) in [6.07, 6.45) is 5.44. The minimum Gasteiger partial charge on any atom is -0.305 e. The maximum atomic E-state index is 12.6. The van der Waals surface area contributed by atoms with Gasteiger partial charge in [-0.15, -0.1) is 6.42 Å². The van der Waals surface area contributed by atoms with Crippen LogP contribution in [0.1, 0.15) is 15.9 Å². The number of hydrogen-bond donors (Lipinski definition) is 0. The molecule has 0 aliphatic heterocycles. The zero-order chi connectivity index (χ0) is 18.8. The number of halogens is 1. The lowest BCUT2D eigenvalue weighted by Crippen LogP contribution is -2.16. The Bertz CT molecular complexity index is 1150. The summed E-state index contributed by atoms with van der Waals surface area (Å²) in [5.41, 5.74) is 1.69. The third kappa shape index (κ3) is 3.38. The summed E-state index contributed by atoms with van der Waals surface area (Å²) in [5, 5.41) is 11.0. The molecule has 26 heavy (non-hydrogen) atoms. The van der Waals surface area contributed by atoms with Gasteiger partial charge in [0, 0.05) is 12.1 Å². The molecule has 1 heterocycles. The summed E-state index contributed by atoms with van der Waals surface area (Å²) in [7, 11) is 0. The van der Waals surface area contributed by atoms with Gasteiger partial charge in [-0.1, -0.05) is 34.9 Å². The molecule has 0 atom stereocenters. The largest absolute Gasteiger partial charge is 0.305 e. The van der Waals surface area contributed by atoms with Crippen molar-refractivity contribution in [1.82, 2.24) is 4.57 Å². The molecule has 0 aliphatic carbocycles. The van der Waals surface area contributed by atoms with E-state index in [9.17, 15) is 14.9 Å². The van der Waals surface area contributed by atoms with Crippen LogP contribution in [-0.2, 0) is 6.54 Å². The first-order valence-electron chi connectivity index (χ1n) is 7.47. The Balaban J connectivity index is 2.17. The van der Waals surface area contributed by atoms with Crippen LogP contribution in [0, 0.1) is 29.4 Å². The van der Waals surface area contributed by atoms with E-state index in [4.69, 9.17) is 18.0 Å². The fourth-order valence-electron chi connectivity index (χ4n) is 2.45. The van der Waals surface area contributed by atoms with Crippen LogP contribution in [0.4, 0.5) is 5.69 Å². The smallest absolute Gasteiger partial charge is 0.281 e. The number of amides is 1. The van der Waals surface area contributed by atoms with Gasteiger partial charge in [-0.25, -0.2) is 0 Å². The second-order valence-corrected chi connectivity index (χ2v) is 6.90. The Kier molecular flexibility index (Phi) is 4.89. The number of nitro groups is 1. The fraction of sp³-hybridized carbons (Fsp3) is 0.111. The molecule has 3 rings (SSSR count). The minimum absolute atomic E-state index is 0.0261. The number of carbonyl (C=O) groups is 1. The number of nitrogens with zero attached hydrogens (tertiary/aromatic N) is 3. The molecule has 0 N–H and O–H groups in total. The number of hydrogen-bond acceptors (Lipinski definition) is 4. The van der Waals surface area contributed by atoms with Gasteiger partial charge in [0.2, 0.25) is 0 Å². The molecule has 1 aromatic heterocycles. The average Bonchev–Trinajstić information content (AvgIpc) is 2.91. The number of non-ortho nitro benzene ring substituents is 1. The molecule has 0 saturated heterocycles. The van der Waals surface area contributed by atoms with E-state index in [0.29, 0.717) is 4.80 Å². The summed E-state index contributed by atoms with van der Waals surface area (Å²) in [6, 6.07) is 9.52. The highest BCUT2D eigenvalue weighted by atomic mass is 35.5. The monoisotopic (exact) mass is 385 g/mol. The van der Waals surface area contributed by atoms with Gasteiger partial charge in [-0.2, -0.15) is 4.99 Å². The van der Waals surface area contributed by atoms with Crippen LogP contribution >= 0.6 is 22.9 Å². The number of carbonyl (C=O) groups excluding carboxylic acids is 1. The van der Waals surface area contributed by atoms with Crippen LogP contribution in [0.15, 0.2) is 41.4 Å². The summed E-state index contributed by atoms with van der Waals surface area (Å²) >= 11 is 7.34. The van der Waals surface area contributed by atoms with Crippen molar-refractivity contribution in [2.45, 2.75) is 13.5 Å². The van der Waals surface area contributed by atoms with E-state index in [1.165, 1.54) is 23.5 Å². The lowest BCUT2D eigenvalue weighted by Gasteiger charge is -2.01. The lowest BCUT2D eigenvalue weighted by atomic mass is 10.2. The van der Waals surface area contributed by atoms with Crippen LogP contribution < -0.4 is 4.80 Å². The van der Waals surface area contributed by atoms with Crippen molar-refractivity contribution in [1.29, 1.82) is 0 Å². The standard InChI is InChI=1S/C18H12ClN3O3S/c1-3-8-21-15-7-4-11(2)9-16(15)26-18(21)20-17(23)13-10-12(22(24)25)5-6-14(13)19/h1,4-7,9-10H,8H2,2H3. The van der Waals surface area contributed by atoms with Gasteiger partial charge in [0.1, 0.15) is 0 Å². The predicted molar refractivity (Wildman–Crippen MR) is 101 cm³/mol. The highest BCUT2D eigenvalue weighted by Crippen LogP contribution is 2.23. The maximum absolute atomic E-state index is 12.6. The quantitative estimate of drug-likeness (QED) is 0.389. The summed E-state index contributed by atoms with van der Waals surface area (Å²) < 4.78 is 2.69. The first-order valence-corrected chi connectivity index (χ1v) is 8.66. The van der Waals surface area contributed by atoms with Crippen molar-refractivity contribution < 1.29 is 9.72 Å². The van der Waals surface area contributed by atoms with Gasteiger partial charge < -0.3 is 4.57 Å². The number of aromatic nitrogens is 1. The van der Waals surface area contributed by atoms with E-state index < -0.39 is 10.8 Å². The molecule has 0 aliphatic rings. The zero-order valence-corrected chi connectivity index (χ0v) is 15.2. The molecule has 0 fully saturated rings. The molecule has 130 valence electrons. The van der Waals surface area contributed by atoms with Crippen molar-refractivity contribution in [2.75, 3.05) is 0 Å². The van der Waals surface area contributed by atoms with Crippen molar-refractivity contribution in [2.24, 2.45) is 4.99 Å². The van der Waals surface area contributed by atoms with Gasteiger partial charge in [-0.05, 0) is 30.7 Å². The van der Waals surface area contributed by atoms with Crippen LogP contribution in [0.3, 0.4) is 0 Å². The van der Waals surface area contributed by atoms with Gasteiger partial charge in [0.15, 0.2) is 4.80 Å². The van der Waals surface area contributed by atoms with Crippen LogP contribution in [-0.4, -0.2) is 15.4 Å². The second-order valence-electron chi connectivity index (χ2n) is 5.48. The topological polar surface area (TPSA) is 77.5 Å². The first kappa shape index (κ1) is 17.9. The Labute approximate surface area is 157 Å². The fourth-order valence-corrected chi connectivity index (χ4v) is 3.77. The second kappa shape index (κ2) is 7.12. The third-order valence-corrected chi connectivity index (χ3v) is 5.05. The molecule has 0 bridgehead atoms. The highest BCUT2D eigenvalue weighted by Gasteiger charge is 2.16. The zero-order valence-electron chi connectivity index (χ0n) is 13.6. The van der Waals surface area contributed by atoms with E-state index in [-0.39, 0.29) is 22.8 Å². The number of thiazole rings is 1. The van der Waals surface area contributed by atoms with E-state index in [1.807, 2.05) is 25.1 Å². The number of terminal acetylenes is 1. The predicted octanol–water partition coefficient (Wildman–Crippen LogP) is 3.95. The van der Waals surface area contributed by atoms with E-state index in [0.717, 1.165) is 21.8 Å². The van der Waals surface area contributed by atoms with Gasteiger partial charge in [-0.3, -0.25) is 14.9 Å². The van der Waals surface area contributed by atoms with Crippen LogP contribution in [0.2, 0.25) is 5.02 Å². The molecule has 3 aromatic rings. The molecule has 1 amide bonds. The summed E-state index contributed by atoms with van der Waals surface area (Å²) in [5.74, 6) is 1.89. The van der Waals surface area contributed by atoms with E-state index in [2.05, 4.69) is 10.9 Å². The molecule has 0 saturated carbocycles. The number of aryl methyl sites for hydroxylation is 1. The SMILES string of the molecule is C#CCn1c(=NC(=O)c2cc([N+](=O)[O-])ccc2Cl)sc2cc(C)ccc21. The summed E-state index contributed by atoms with van der Waals surface area (Å²) in [4.78, 5) is 27.4. The summed E-state index contributed by atoms with van der Waals surface area (Å²) in [6.45, 7) is 2.22. The number of benzene rings is 2. The molecule has 0 unspecified atom stereocenters. The molecule has 0 spiro atoms. The molecular weight excluding hydrogens is 374 g/mol. The van der Waals surface area contributed by atoms with Crippen LogP contribution in [0.25, 0.3) is 10.2 Å². The van der Waals surface area contributed by atoms with E-state index >= 15 is 0 Å². The normalized spacial score (nSPS) is 11.5. The number of fused-ring (bicyclic) bond motifs is 1. The van der Waals surface area contributed by atoms with Crippen molar-refractivity contribution in [3.63, 3.8) is 0 Å². The number of nitro benzene ring substituents is 1. The van der Waals surface area contributed by atoms with Gasteiger partial charge >= 0.3 is 0 Å². The Morgan fingerprint density at radius 3 is 2.85 bits per heavy atom.